The van der Waals surface area contributed by atoms with Crippen LogP contribution in [0.15, 0.2) is 23.1 Å². The van der Waals surface area contributed by atoms with Crippen molar-refractivity contribution < 1.29 is 0 Å². The second-order valence-corrected chi connectivity index (χ2v) is 6.91. The smallest absolute Gasteiger partial charge is 0.00955 e. The van der Waals surface area contributed by atoms with Gasteiger partial charge in [-0.2, -0.15) is 0 Å². The number of nitrogens with one attached hydrogen (secondary N) is 1. The molecule has 0 bridgehead atoms. The fourth-order valence-electron chi connectivity index (χ4n) is 3.05. The van der Waals surface area contributed by atoms with Gasteiger partial charge in [0.25, 0.3) is 0 Å². The summed E-state index contributed by atoms with van der Waals surface area (Å²) in [7, 11) is 0. The summed E-state index contributed by atoms with van der Waals surface area (Å²) in [5, 5.41) is 3.65. The molecule has 0 aliphatic heterocycles. The molecule has 1 aliphatic rings. The summed E-state index contributed by atoms with van der Waals surface area (Å²) in [6.07, 6.45) is 5.57. The molecule has 2 rings (SSSR count). The highest BCUT2D eigenvalue weighted by atomic mass is 32.2. The van der Waals surface area contributed by atoms with Crippen molar-refractivity contribution in [1.29, 1.82) is 0 Å². The summed E-state index contributed by atoms with van der Waals surface area (Å²) in [6.45, 7) is 7.73. The molecule has 1 aliphatic carbocycles. The first-order valence-electron chi connectivity index (χ1n) is 7.64. The van der Waals surface area contributed by atoms with Crippen LogP contribution in [0.5, 0.6) is 0 Å². The van der Waals surface area contributed by atoms with Crippen LogP contribution in [0.25, 0.3) is 0 Å². The summed E-state index contributed by atoms with van der Waals surface area (Å²) in [5.41, 5.74) is 2.81. The van der Waals surface area contributed by atoms with Gasteiger partial charge in [0.05, 0.1) is 0 Å². The van der Waals surface area contributed by atoms with Crippen LogP contribution < -0.4 is 5.32 Å². The zero-order valence-electron chi connectivity index (χ0n) is 12.5. The van der Waals surface area contributed by atoms with E-state index >= 15 is 0 Å². The molecule has 2 heteroatoms. The van der Waals surface area contributed by atoms with Crippen molar-refractivity contribution in [2.75, 3.05) is 12.3 Å². The van der Waals surface area contributed by atoms with Crippen LogP contribution in [0.1, 0.15) is 43.7 Å². The topological polar surface area (TPSA) is 12.0 Å². The highest BCUT2D eigenvalue weighted by molar-refractivity contribution is 7.99. The van der Waals surface area contributed by atoms with Crippen LogP contribution >= 0.6 is 11.8 Å². The molecule has 0 heterocycles. The molecule has 2 atom stereocenters. The Bertz CT molecular complexity index is 402. The molecule has 1 fully saturated rings. The van der Waals surface area contributed by atoms with Gasteiger partial charge in [-0.15, -0.1) is 11.8 Å². The zero-order valence-corrected chi connectivity index (χ0v) is 13.4. The maximum absolute atomic E-state index is 3.65. The number of hydrogen-bond donors (Lipinski definition) is 1. The third kappa shape index (κ3) is 4.25. The van der Waals surface area contributed by atoms with Gasteiger partial charge in [0.2, 0.25) is 0 Å². The quantitative estimate of drug-likeness (QED) is 0.765. The average molecular weight is 277 g/mol. The second-order valence-electron chi connectivity index (χ2n) is 5.74. The lowest BCUT2D eigenvalue weighted by molar-refractivity contribution is 0.400. The van der Waals surface area contributed by atoms with Gasteiger partial charge >= 0.3 is 0 Å². The van der Waals surface area contributed by atoms with Crippen LogP contribution in [0.3, 0.4) is 0 Å². The molecular formula is C17H27NS. The zero-order chi connectivity index (χ0) is 13.7. The van der Waals surface area contributed by atoms with E-state index in [1.165, 1.54) is 47.5 Å². The van der Waals surface area contributed by atoms with E-state index in [9.17, 15) is 0 Å². The van der Waals surface area contributed by atoms with Gasteiger partial charge in [0.1, 0.15) is 0 Å². The second kappa shape index (κ2) is 7.35. The number of thioether (sulfide) groups is 1. The first-order chi connectivity index (χ1) is 9.20. The molecule has 0 spiro atoms. The first-order valence-corrected chi connectivity index (χ1v) is 8.62. The maximum Gasteiger partial charge on any atom is 0.00955 e. The summed E-state index contributed by atoms with van der Waals surface area (Å²) >= 11 is 2.02. The summed E-state index contributed by atoms with van der Waals surface area (Å²) in [4.78, 5) is 1.43. The van der Waals surface area contributed by atoms with Crippen molar-refractivity contribution in [1.82, 2.24) is 5.32 Å². The highest BCUT2D eigenvalue weighted by Crippen LogP contribution is 2.31. The van der Waals surface area contributed by atoms with Crippen LogP contribution in [0.2, 0.25) is 0 Å². The third-order valence-electron chi connectivity index (χ3n) is 4.36. The normalized spacial score (nSPS) is 22.9. The van der Waals surface area contributed by atoms with Gasteiger partial charge in [-0.05, 0) is 74.6 Å². The number of aryl methyl sites for hydroxylation is 2. The lowest BCUT2D eigenvalue weighted by atomic mass is 10.0. The van der Waals surface area contributed by atoms with E-state index in [-0.39, 0.29) is 0 Å². The van der Waals surface area contributed by atoms with E-state index in [0.717, 1.165) is 18.5 Å². The first kappa shape index (κ1) is 14.9. The molecule has 106 valence electrons. The lowest BCUT2D eigenvalue weighted by Gasteiger charge is -2.20. The molecule has 0 aromatic heterocycles. The van der Waals surface area contributed by atoms with E-state index in [1.54, 1.807) is 0 Å². The summed E-state index contributed by atoms with van der Waals surface area (Å²) in [6, 6.07) is 7.62. The Hall–Kier alpha value is -0.470. The van der Waals surface area contributed by atoms with Crippen molar-refractivity contribution in [3.05, 3.63) is 29.3 Å². The summed E-state index contributed by atoms with van der Waals surface area (Å²) in [5.74, 6) is 2.16. The van der Waals surface area contributed by atoms with Crippen LogP contribution in [-0.2, 0) is 0 Å². The van der Waals surface area contributed by atoms with E-state index in [2.05, 4.69) is 44.3 Å². The Balaban J connectivity index is 1.78. The van der Waals surface area contributed by atoms with Crippen molar-refractivity contribution in [2.45, 2.75) is 57.4 Å². The highest BCUT2D eigenvalue weighted by Gasteiger charge is 2.25. The molecule has 1 aromatic rings. The molecule has 1 nitrogen and oxygen atoms in total. The fraction of sp³-hybridized carbons (Fsp3) is 0.647. The minimum atomic E-state index is 0.783. The van der Waals surface area contributed by atoms with Crippen molar-refractivity contribution >= 4 is 11.8 Å². The van der Waals surface area contributed by atoms with Crippen molar-refractivity contribution in [3.8, 4) is 0 Å². The fourth-order valence-corrected chi connectivity index (χ4v) is 4.13. The largest absolute Gasteiger partial charge is 0.314 e. The molecule has 1 N–H and O–H groups in total. The number of rotatable bonds is 6. The number of hydrogen-bond acceptors (Lipinski definition) is 2. The monoisotopic (exact) mass is 277 g/mol. The van der Waals surface area contributed by atoms with E-state index in [4.69, 9.17) is 0 Å². The molecular weight excluding hydrogens is 250 g/mol. The van der Waals surface area contributed by atoms with Crippen molar-refractivity contribution in [3.63, 3.8) is 0 Å². The molecule has 0 amide bonds. The Morgan fingerprint density at radius 1 is 1.21 bits per heavy atom. The van der Waals surface area contributed by atoms with Crippen LogP contribution in [-0.4, -0.2) is 18.3 Å². The van der Waals surface area contributed by atoms with Gasteiger partial charge in [0.15, 0.2) is 0 Å². The molecule has 19 heavy (non-hydrogen) atoms. The van der Waals surface area contributed by atoms with Gasteiger partial charge in [-0.1, -0.05) is 19.4 Å². The van der Waals surface area contributed by atoms with Crippen molar-refractivity contribution in [2.24, 2.45) is 5.92 Å². The predicted molar refractivity (Wildman–Crippen MR) is 86.1 cm³/mol. The SMILES string of the molecule is CCNC1CCCC1CCSc1ccc(C)c(C)c1. The third-order valence-corrected chi connectivity index (χ3v) is 5.39. The minimum Gasteiger partial charge on any atom is -0.314 e. The van der Waals surface area contributed by atoms with Crippen LogP contribution in [0, 0.1) is 19.8 Å². The Kier molecular flexibility index (Phi) is 5.77. The van der Waals surface area contributed by atoms with E-state index in [0.29, 0.717) is 0 Å². The minimum absolute atomic E-state index is 0.783. The van der Waals surface area contributed by atoms with Gasteiger partial charge in [-0.3, -0.25) is 0 Å². The number of benzene rings is 1. The van der Waals surface area contributed by atoms with Gasteiger partial charge < -0.3 is 5.32 Å². The Morgan fingerprint density at radius 2 is 2.05 bits per heavy atom. The lowest BCUT2D eigenvalue weighted by Crippen LogP contribution is -2.32. The molecule has 0 saturated heterocycles. The molecule has 0 radical (unpaired) electrons. The summed E-state index contributed by atoms with van der Waals surface area (Å²) < 4.78 is 0. The molecule has 1 saturated carbocycles. The Morgan fingerprint density at radius 3 is 2.79 bits per heavy atom. The van der Waals surface area contributed by atoms with Gasteiger partial charge in [-0.25, -0.2) is 0 Å². The predicted octanol–water partition coefficient (Wildman–Crippen LogP) is 4.56. The molecule has 2 unspecified atom stereocenters. The van der Waals surface area contributed by atoms with Gasteiger partial charge in [0, 0.05) is 10.9 Å². The standard InChI is InChI=1S/C17H27NS/c1-4-18-17-7-5-6-15(17)10-11-19-16-9-8-13(2)14(3)12-16/h8-9,12,15,17-18H,4-7,10-11H2,1-3H3. The average Bonchev–Trinajstić information content (AvgIpc) is 2.82. The Labute approximate surface area is 122 Å². The van der Waals surface area contributed by atoms with E-state index < -0.39 is 0 Å². The van der Waals surface area contributed by atoms with E-state index in [1.807, 2.05) is 11.8 Å². The van der Waals surface area contributed by atoms with Crippen LogP contribution in [0.4, 0.5) is 0 Å². The maximum atomic E-state index is 3.65. The molecule has 1 aromatic carbocycles.